The average molecular weight is 294 g/mol. The lowest BCUT2D eigenvalue weighted by molar-refractivity contribution is 0.290. The number of hydrogen-bond donors (Lipinski definition) is 1. The van der Waals surface area contributed by atoms with E-state index in [9.17, 15) is 0 Å². The standard InChI is InChI=1S/C16H19NO.CH4.ClH/c1-12-8-13(2)10-15(9-12)18-11-16(17)14-6-4-3-5-7-14;;/h3-10,16H,11,17H2,1-2H3;1H4;1H. The summed E-state index contributed by atoms with van der Waals surface area (Å²) in [6, 6.07) is 16.1. The van der Waals surface area contributed by atoms with Gasteiger partial charge in [0.15, 0.2) is 0 Å². The van der Waals surface area contributed by atoms with Gasteiger partial charge in [0.05, 0.1) is 6.04 Å². The van der Waals surface area contributed by atoms with Crippen LogP contribution in [0.25, 0.3) is 0 Å². The van der Waals surface area contributed by atoms with Crippen LogP contribution in [0.2, 0.25) is 0 Å². The minimum absolute atomic E-state index is 0. The summed E-state index contributed by atoms with van der Waals surface area (Å²) in [5.41, 5.74) is 9.61. The molecule has 20 heavy (non-hydrogen) atoms. The molecule has 0 saturated heterocycles. The molecule has 0 radical (unpaired) electrons. The smallest absolute Gasteiger partial charge is 0.119 e. The van der Waals surface area contributed by atoms with Crippen molar-refractivity contribution in [2.75, 3.05) is 6.61 Å². The molecule has 1 atom stereocenters. The highest BCUT2D eigenvalue weighted by atomic mass is 35.5. The van der Waals surface area contributed by atoms with E-state index in [0.717, 1.165) is 11.3 Å². The Labute approximate surface area is 128 Å². The summed E-state index contributed by atoms with van der Waals surface area (Å²) in [7, 11) is 0. The number of halogens is 1. The van der Waals surface area contributed by atoms with Crippen LogP contribution < -0.4 is 10.5 Å². The molecule has 0 spiro atoms. The van der Waals surface area contributed by atoms with Gasteiger partial charge in [0.25, 0.3) is 0 Å². The van der Waals surface area contributed by atoms with Crippen LogP contribution in [0, 0.1) is 13.8 Å². The van der Waals surface area contributed by atoms with Gasteiger partial charge in [-0.3, -0.25) is 0 Å². The molecule has 0 aliphatic heterocycles. The van der Waals surface area contributed by atoms with E-state index in [1.165, 1.54) is 11.1 Å². The van der Waals surface area contributed by atoms with Crippen LogP contribution in [0.15, 0.2) is 48.5 Å². The average Bonchev–Trinajstić information content (AvgIpc) is 2.36. The van der Waals surface area contributed by atoms with Crippen molar-refractivity contribution < 1.29 is 4.74 Å². The molecule has 1 unspecified atom stereocenters. The molecule has 110 valence electrons. The maximum absolute atomic E-state index is 6.09. The van der Waals surface area contributed by atoms with E-state index in [-0.39, 0.29) is 25.9 Å². The van der Waals surface area contributed by atoms with Crippen molar-refractivity contribution in [2.45, 2.75) is 27.3 Å². The van der Waals surface area contributed by atoms with Crippen molar-refractivity contribution in [3.63, 3.8) is 0 Å². The van der Waals surface area contributed by atoms with Crippen LogP contribution in [0.4, 0.5) is 0 Å². The van der Waals surface area contributed by atoms with Crippen LogP contribution in [0.5, 0.6) is 5.75 Å². The van der Waals surface area contributed by atoms with E-state index in [2.05, 4.69) is 19.9 Å². The van der Waals surface area contributed by atoms with Gasteiger partial charge in [-0.15, -0.1) is 12.4 Å². The number of aryl methyl sites for hydroxylation is 2. The van der Waals surface area contributed by atoms with Crippen molar-refractivity contribution in [3.05, 3.63) is 65.2 Å². The molecule has 2 aromatic carbocycles. The largest absolute Gasteiger partial charge is 0.492 e. The van der Waals surface area contributed by atoms with Gasteiger partial charge in [-0.1, -0.05) is 43.8 Å². The summed E-state index contributed by atoms with van der Waals surface area (Å²) >= 11 is 0. The lowest BCUT2D eigenvalue weighted by Crippen LogP contribution is -2.18. The maximum atomic E-state index is 6.09. The van der Waals surface area contributed by atoms with Crippen LogP contribution in [-0.4, -0.2) is 6.61 Å². The Morgan fingerprint density at radius 2 is 1.55 bits per heavy atom. The maximum Gasteiger partial charge on any atom is 0.119 e. The van der Waals surface area contributed by atoms with E-state index in [0.29, 0.717) is 6.61 Å². The second kappa shape index (κ2) is 8.62. The predicted molar refractivity (Wildman–Crippen MR) is 88.8 cm³/mol. The van der Waals surface area contributed by atoms with Gasteiger partial charge in [-0.05, 0) is 42.7 Å². The molecule has 3 heteroatoms. The Balaban J connectivity index is 0.00000180. The van der Waals surface area contributed by atoms with E-state index in [4.69, 9.17) is 10.5 Å². The van der Waals surface area contributed by atoms with Crippen molar-refractivity contribution >= 4 is 12.4 Å². The molecule has 0 amide bonds. The summed E-state index contributed by atoms with van der Waals surface area (Å²) in [4.78, 5) is 0. The summed E-state index contributed by atoms with van der Waals surface area (Å²) in [6.45, 7) is 4.63. The zero-order valence-corrected chi connectivity index (χ0v) is 12.1. The first-order valence-corrected chi connectivity index (χ1v) is 6.17. The highest BCUT2D eigenvalue weighted by Gasteiger charge is 2.06. The second-order valence-corrected chi connectivity index (χ2v) is 4.65. The highest BCUT2D eigenvalue weighted by molar-refractivity contribution is 5.85. The number of hydrogen-bond acceptors (Lipinski definition) is 2. The fraction of sp³-hybridized carbons (Fsp3) is 0.294. The molecule has 2 aromatic rings. The Morgan fingerprint density at radius 1 is 1.00 bits per heavy atom. The van der Waals surface area contributed by atoms with Gasteiger partial charge in [0, 0.05) is 0 Å². The number of benzene rings is 2. The molecular weight excluding hydrogens is 270 g/mol. The summed E-state index contributed by atoms with van der Waals surface area (Å²) in [5, 5.41) is 0. The molecule has 2 rings (SSSR count). The molecule has 0 aliphatic rings. The van der Waals surface area contributed by atoms with Crippen LogP contribution in [0.3, 0.4) is 0 Å². The second-order valence-electron chi connectivity index (χ2n) is 4.65. The quantitative estimate of drug-likeness (QED) is 0.904. The van der Waals surface area contributed by atoms with Crippen LogP contribution in [0.1, 0.15) is 30.2 Å². The number of nitrogens with two attached hydrogens (primary N) is 1. The van der Waals surface area contributed by atoms with Gasteiger partial charge in [0.1, 0.15) is 12.4 Å². The van der Waals surface area contributed by atoms with E-state index < -0.39 is 0 Å². The first-order chi connectivity index (χ1) is 8.65. The number of ether oxygens (including phenoxy) is 1. The fourth-order valence-corrected chi connectivity index (χ4v) is 2.00. The lowest BCUT2D eigenvalue weighted by Gasteiger charge is -2.14. The first kappa shape index (κ1) is 18.5. The number of rotatable bonds is 4. The molecule has 2 nitrogen and oxygen atoms in total. The molecular formula is C17H24ClNO. The van der Waals surface area contributed by atoms with E-state index in [1.807, 2.05) is 42.5 Å². The Kier molecular flexibility index (Phi) is 7.97. The Bertz CT molecular complexity index is 493. The van der Waals surface area contributed by atoms with Gasteiger partial charge < -0.3 is 10.5 Å². The van der Waals surface area contributed by atoms with Crippen LogP contribution >= 0.6 is 12.4 Å². The van der Waals surface area contributed by atoms with Crippen LogP contribution in [-0.2, 0) is 0 Å². The zero-order chi connectivity index (χ0) is 13.0. The molecule has 2 N–H and O–H groups in total. The molecule has 0 heterocycles. The predicted octanol–water partition coefficient (Wildman–Crippen LogP) is 4.44. The third-order valence-electron chi connectivity index (χ3n) is 2.85. The SMILES string of the molecule is C.Cc1cc(C)cc(OCC(N)c2ccccc2)c1.Cl. The van der Waals surface area contributed by atoms with Crippen molar-refractivity contribution in [1.82, 2.24) is 0 Å². The van der Waals surface area contributed by atoms with Crippen molar-refractivity contribution in [1.29, 1.82) is 0 Å². The first-order valence-electron chi connectivity index (χ1n) is 6.17. The Morgan fingerprint density at radius 3 is 2.10 bits per heavy atom. The normalized spacial score (nSPS) is 10.9. The molecule has 0 aromatic heterocycles. The minimum atomic E-state index is -0.0907. The monoisotopic (exact) mass is 293 g/mol. The van der Waals surface area contributed by atoms with E-state index in [1.54, 1.807) is 0 Å². The van der Waals surface area contributed by atoms with Crippen molar-refractivity contribution in [3.8, 4) is 5.75 Å². The van der Waals surface area contributed by atoms with Crippen molar-refractivity contribution in [2.24, 2.45) is 5.73 Å². The molecule has 0 aliphatic carbocycles. The highest BCUT2D eigenvalue weighted by Crippen LogP contribution is 2.18. The third-order valence-corrected chi connectivity index (χ3v) is 2.85. The van der Waals surface area contributed by atoms with Gasteiger partial charge in [0.2, 0.25) is 0 Å². The topological polar surface area (TPSA) is 35.2 Å². The lowest BCUT2D eigenvalue weighted by atomic mass is 10.1. The summed E-state index contributed by atoms with van der Waals surface area (Å²) in [6.07, 6.45) is 0. The molecule has 0 fully saturated rings. The molecule has 0 bridgehead atoms. The minimum Gasteiger partial charge on any atom is -0.492 e. The summed E-state index contributed by atoms with van der Waals surface area (Å²) < 4.78 is 5.76. The third kappa shape index (κ3) is 5.24. The van der Waals surface area contributed by atoms with Gasteiger partial charge >= 0.3 is 0 Å². The summed E-state index contributed by atoms with van der Waals surface area (Å²) in [5.74, 6) is 0.888. The molecule has 0 saturated carbocycles. The fourth-order valence-electron chi connectivity index (χ4n) is 2.00. The van der Waals surface area contributed by atoms with Gasteiger partial charge in [-0.25, -0.2) is 0 Å². The Hall–Kier alpha value is -1.51. The zero-order valence-electron chi connectivity index (χ0n) is 11.3. The van der Waals surface area contributed by atoms with Gasteiger partial charge in [-0.2, -0.15) is 0 Å². The van der Waals surface area contributed by atoms with E-state index >= 15 is 0 Å².